The molecule has 2 aromatic rings. The Bertz CT molecular complexity index is 962. The van der Waals surface area contributed by atoms with Crippen molar-refractivity contribution in [3.63, 3.8) is 0 Å². The van der Waals surface area contributed by atoms with Crippen LogP contribution in [0.2, 0.25) is 0 Å². The summed E-state index contributed by atoms with van der Waals surface area (Å²) in [4.78, 5) is 4.32. The number of hydrogen-bond donors (Lipinski definition) is 0. The topological polar surface area (TPSA) is 49.3 Å². The maximum atomic E-state index is 13.0. The fourth-order valence-electron chi connectivity index (χ4n) is 3.63. The first-order chi connectivity index (χ1) is 17.3. The van der Waals surface area contributed by atoms with E-state index in [0.717, 1.165) is 61.8 Å². The van der Waals surface area contributed by atoms with E-state index in [1.165, 1.54) is 24.3 Å². The van der Waals surface area contributed by atoms with Gasteiger partial charge >= 0.3 is 6.18 Å². The van der Waals surface area contributed by atoms with Gasteiger partial charge in [0.2, 0.25) is 0 Å². The van der Waals surface area contributed by atoms with Crippen LogP contribution in [0.3, 0.4) is 0 Å². The fourth-order valence-corrected chi connectivity index (χ4v) is 3.63. The van der Waals surface area contributed by atoms with E-state index in [9.17, 15) is 13.2 Å². The number of rotatable bonds is 15. The normalized spacial score (nSPS) is 12.1. The summed E-state index contributed by atoms with van der Waals surface area (Å²) in [6.07, 6.45) is 4.29. The lowest BCUT2D eigenvalue weighted by atomic mass is 10.1. The molecule has 2 rings (SSSR count). The molecule has 0 fully saturated rings. The van der Waals surface area contributed by atoms with Crippen molar-refractivity contribution in [2.45, 2.75) is 59.1 Å². The lowest BCUT2D eigenvalue weighted by Gasteiger charge is -2.14. The van der Waals surface area contributed by atoms with Crippen LogP contribution in [-0.2, 0) is 4.84 Å². The van der Waals surface area contributed by atoms with Gasteiger partial charge in [-0.25, -0.2) is 0 Å². The van der Waals surface area contributed by atoms with Crippen LogP contribution in [-0.4, -0.2) is 38.8 Å². The van der Waals surface area contributed by atoms with Crippen LogP contribution in [0.4, 0.5) is 13.2 Å². The zero-order valence-corrected chi connectivity index (χ0v) is 21.5. The number of oxime groups is 1. The number of halogens is 3. The van der Waals surface area contributed by atoms with E-state index in [4.69, 9.17) is 14.2 Å². The van der Waals surface area contributed by atoms with Crippen molar-refractivity contribution >= 4 is 5.71 Å². The van der Waals surface area contributed by atoms with E-state index < -0.39 is 11.9 Å². The average Bonchev–Trinajstić information content (AvgIpc) is 2.83. The highest BCUT2D eigenvalue weighted by atomic mass is 19.4. The van der Waals surface area contributed by atoms with E-state index in [2.05, 4.69) is 9.99 Å². The SMILES string of the molecule is C/C=C/COc1cc(C)c(OCCCCCCCOc2ccc(C(=NOC)C(F)(F)F)cc2)c(C)c1. The lowest BCUT2D eigenvalue weighted by Crippen LogP contribution is -2.24. The summed E-state index contributed by atoms with van der Waals surface area (Å²) >= 11 is 0. The van der Waals surface area contributed by atoms with Crippen LogP contribution in [0, 0.1) is 13.8 Å². The molecule has 36 heavy (non-hydrogen) atoms. The minimum atomic E-state index is -4.59. The molecule has 5 nitrogen and oxygen atoms in total. The van der Waals surface area contributed by atoms with Gasteiger partial charge in [0.1, 0.15) is 31.0 Å². The Kier molecular flexibility index (Phi) is 12.2. The third-order valence-corrected chi connectivity index (χ3v) is 5.40. The summed E-state index contributed by atoms with van der Waals surface area (Å²) in [5.41, 5.74) is 0.988. The van der Waals surface area contributed by atoms with Gasteiger partial charge in [-0.2, -0.15) is 13.2 Å². The van der Waals surface area contributed by atoms with Crippen LogP contribution < -0.4 is 14.2 Å². The number of unbranched alkanes of at least 4 members (excludes halogenated alkanes) is 4. The van der Waals surface area contributed by atoms with Crippen molar-refractivity contribution < 1.29 is 32.2 Å². The van der Waals surface area contributed by atoms with Crippen molar-refractivity contribution in [1.29, 1.82) is 0 Å². The molecule has 198 valence electrons. The first kappa shape index (κ1) is 29.1. The zero-order valence-electron chi connectivity index (χ0n) is 21.5. The second kappa shape index (κ2) is 15.1. The number of alkyl halides is 3. The molecule has 0 amide bonds. The Morgan fingerprint density at radius 1 is 0.833 bits per heavy atom. The molecule has 0 saturated heterocycles. The Labute approximate surface area is 211 Å². The molecule has 8 heteroatoms. The lowest BCUT2D eigenvalue weighted by molar-refractivity contribution is -0.0608. The van der Waals surface area contributed by atoms with Gasteiger partial charge < -0.3 is 19.0 Å². The smallest absolute Gasteiger partial charge is 0.437 e. The third-order valence-electron chi connectivity index (χ3n) is 5.40. The van der Waals surface area contributed by atoms with Gasteiger partial charge in [-0.1, -0.05) is 36.6 Å². The molecule has 0 aliphatic carbocycles. The van der Waals surface area contributed by atoms with E-state index in [1.54, 1.807) is 0 Å². The molecule has 0 heterocycles. The monoisotopic (exact) mass is 507 g/mol. The van der Waals surface area contributed by atoms with Crippen LogP contribution in [0.1, 0.15) is 55.7 Å². The number of allylic oxidation sites excluding steroid dienone is 1. The van der Waals surface area contributed by atoms with E-state index in [1.807, 2.05) is 45.1 Å². The van der Waals surface area contributed by atoms with Gasteiger partial charge in [-0.3, -0.25) is 0 Å². The molecule has 0 saturated carbocycles. The zero-order chi connectivity index (χ0) is 26.4. The summed E-state index contributed by atoms with van der Waals surface area (Å²) in [5, 5.41) is 3.09. The second-order valence-corrected chi connectivity index (χ2v) is 8.38. The molecular weight excluding hydrogens is 471 g/mol. The fraction of sp³-hybridized carbons (Fsp3) is 0.464. The van der Waals surface area contributed by atoms with E-state index in [-0.39, 0.29) is 5.56 Å². The Hall–Kier alpha value is -3.16. The van der Waals surface area contributed by atoms with Gasteiger partial charge in [-0.15, -0.1) is 0 Å². The number of hydrogen-bond acceptors (Lipinski definition) is 5. The summed E-state index contributed by atoms with van der Waals surface area (Å²) in [5.74, 6) is 2.29. The molecule has 0 radical (unpaired) electrons. The maximum Gasteiger partial charge on any atom is 0.437 e. The molecule has 0 aromatic heterocycles. The molecular formula is C28H36F3NO4. The number of nitrogens with zero attached hydrogens (tertiary/aromatic N) is 1. The van der Waals surface area contributed by atoms with E-state index in [0.29, 0.717) is 25.6 Å². The average molecular weight is 508 g/mol. The van der Waals surface area contributed by atoms with Crippen molar-refractivity contribution in [2.75, 3.05) is 26.9 Å². The van der Waals surface area contributed by atoms with E-state index >= 15 is 0 Å². The van der Waals surface area contributed by atoms with Crippen LogP contribution in [0.5, 0.6) is 17.2 Å². The summed E-state index contributed by atoms with van der Waals surface area (Å²) in [6, 6.07) is 9.68. The van der Waals surface area contributed by atoms with Crippen LogP contribution in [0.25, 0.3) is 0 Å². The van der Waals surface area contributed by atoms with Crippen molar-refractivity contribution in [1.82, 2.24) is 0 Å². The minimum Gasteiger partial charge on any atom is -0.494 e. The molecule has 0 aliphatic rings. The van der Waals surface area contributed by atoms with Gasteiger partial charge in [0.25, 0.3) is 0 Å². The van der Waals surface area contributed by atoms with Crippen molar-refractivity contribution in [2.24, 2.45) is 5.16 Å². The molecule has 0 N–H and O–H groups in total. The van der Waals surface area contributed by atoms with Crippen LogP contribution >= 0.6 is 0 Å². The number of ether oxygens (including phenoxy) is 3. The summed E-state index contributed by atoms with van der Waals surface area (Å²) in [6.45, 7) is 7.75. The molecule has 0 spiro atoms. The highest BCUT2D eigenvalue weighted by Gasteiger charge is 2.37. The third kappa shape index (κ3) is 9.84. The number of aryl methyl sites for hydroxylation is 2. The highest BCUT2D eigenvalue weighted by Crippen LogP contribution is 2.29. The molecule has 0 bridgehead atoms. The standard InChI is InChI=1S/C28H36F3NO4/c1-5-6-16-35-25-19-21(2)26(22(3)20-25)36-18-11-9-7-8-10-17-34-24-14-12-23(13-15-24)27(32-33-4)28(29,30)31/h5-6,12-15,19-20H,7-11,16-18H2,1-4H3/b6-5+,32-27?. The maximum absolute atomic E-state index is 13.0. The van der Waals surface area contributed by atoms with Gasteiger partial charge in [0, 0.05) is 5.56 Å². The molecule has 0 atom stereocenters. The summed E-state index contributed by atoms with van der Waals surface area (Å²) in [7, 11) is 1.08. The molecule has 0 unspecified atom stereocenters. The van der Waals surface area contributed by atoms with Gasteiger partial charge in [0.05, 0.1) is 13.2 Å². The van der Waals surface area contributed by atoms with Gasteiger partial charge in [0.15, 0.2) is 5.71 Å². The second-order valence-electron chi connectivity index (χ2n) is 8.38. The quantitative estimate of drug-likeness (QED) is 0.108. The first-order valence-corrected chi connectivity index (χ1v) is 12.2. The first-order valence-electron chi connectivity index (χ1n) is 12.2. The number of benzene rings is 2. The Balaban J connectivity index is 1.62. The Morgan fingerprint density at radius 2 is 1.42 bits per heavy atom. The predicted molar refractivity (Wildman–Crippen MR) is 136 cm³/mol. The predicted octanol–water partition coefficient (Wildman–Crippen LogP) is 7.58. The van der Waals surface area contributed by atoms with Crippen molar-refractivity contribution in [3.05, 3.63) is 65.2 Å². The van der Waals surface area contributed by atoms with Crippen molar-refractivity contribution in [3.8, 4) is 17.2 Å². The minimum absolute atomic E-state index is 0.0713. The highest BCUT2D eigenvalue weighted by molar-refractivity contribution is 6.04. The van der Waals surface area contributed by atoms with Gasteiger partial charge in [-0.05, 0) is 81.1 Å². The summed E-state index contributed by atoms with van der Waals surface area (Å²) < 4.78 is 56.4. The molecule has 2 aromatic carbocycles. The molecule has 0 aliphatic heterocycles. The van der Waals surface area contributed by atoms with Crippen LogP contribution in [0.15, 0.2) is 53.7 Å². The Morgan fingerprint density at radius 3 is 1.97 bits per heavy atom. The largest absolute Gasteiger partial charge is 0.494 e.